The van der Waals surface area contributed by atoms with E-state index in [2.05, 4.69) is 15.1 Å². The van der Waals surface area contributed by atoms with Gasteiger partial charge in [-0.25, -0.2) is 9.37 Å². The monoisotopic (exact) mass is 353 g/mol. The van der Waals surface area contributed by atoms with Crippen molar-refractivity contribution in [2.24, 2.45) is 0 Å². The van der Waals surface area contributed by atoms with Gasteiger partial charge in [0.2, 0.25) is 0 Å². The van der Waals surface area contributed by atoms with E-state index < -0.39 is 0 Å². The van der Waals surface area contributed by atoms with E-state index in [0.717, 1.165) is 29.9 Å². The molecule has 134 valence electrons. The minimum Gasteiger partial charge on any atom is -0.343 e. The molecule has 1 N–H and O–H groups in total. The van der Waals surface area contributed by atoms with Crippen LogP contribution in [0, 0.1) is 12.7 Å². The van der Waals surface area contributed by atoms with E-state index in [1.807, 2.05) is 11.6 Å². The van der Waals surface area contributed by atoms with Crippen LogP contribution in [0.3, 0.4) is 0 Å². The number of imidazole rings is 1. The molecule has 0 fully saturated rings. The lowest BCUT2D eigenvalue weighted by Crippen LogP contribution is -2.36. The Morgan fingerprint density at radius 2 is 2.23 bits per heavy atom. The summed E-state index contributed by atoms with van der Waals surface area (Å²) in [6.45, 7) is 5.53. The fraction of sp³-hybridized carbons (Fsp3) is 0.316. The number of fused-ring (bicyclic) bond motifs is 1. The number of carbonyl (C=O) groups is 1. The molecule has 7 heteroatoms. The molecule has 1 aliphatic heterocycles. The third-order valence-electron chi connectivity index (χ3n) is 4.86. The number of nitrogens with one attached hydrogen (secondary N) is 1. The van der Waals surface area contributed by atoms with Crippen LogP contribution in [0.4, 0.5) is 4.39 Å². The smallest absolute Gasteiger partial charge is 0.254 e. The molecule has 4 rings (SSSR count). The molecule has 6 nitrogen and oxygen atoms in total. The lowest BCUT2D eigenvalue weighted by Gasteiger charge is -2.28. The minimum absolute atomic E-state index is 0.163. The quantitative estimate of drug-likeness (QED) is 0.787. The molecule has 0 saturated heterocycles. The molecule has 1 aliphatic rings. The predicted octanol–water partition coefficient (Wildman–Crippen LogP) is 2.94. The van der Waals surface area contributed by atoms with Gasteiger partial charge in [-0.2, -0.15) is 5.10 Å². The summed E-state index contributed by atoms with van der Waals surface area (Å²) in [6.07, 6.45) is 4.16. The van der Waals surface area contributed by atoms with Crippen LogP contribution in [0.25, 0.3) is 11.5 Å². The number of aryl methyl sites for hydroxylation is 2. The summed E-state index contributed by atoms with van der Waals surface area (Å²) in [6, 6.07) is 4.64. The normalized spacial score (nSPS) is 13.7. The van der Waals surface area contributed by atoms with Crippen molar-refractivity contribution in [3.8, 4) is 11.5 Å². The van der Waals surface area contributed by atoms with E-state index in [1.54, 1.807) is 36.4 Å². The van der Waals surface area contributed by atoms with Crippen LogP contribution in [0.5, 0.6) is 0 Å². The molecular weight excluding hydrogens is 333 g/mol. The number of carbonyl (C=O) groups excluding carboxylic acids is 1. The number of amides is 1. The van der Waals surface area contributed by atoms with E-state index in [4.69, 9.17) is 0 Å². The van der Waals surface area contributed by atoms with Gasteiger partial charge >= 0.3 is 0 Å². The van der Waals surface area contributed by atoms with Crippen LogP contribution in [0.2, 0.25) is 0 Å². The molecule has 3 aromatic rings. The highest BCUT2D eigenvalue weighted by molar-refractivity contribution is 5.94. The van der Waals surface area contributed by atoms with Crippen LogP contribution in [-0.4, -0.2) is 37.1 Å². The van der Waals surface area contributed by atoms with Gasteiger partial charge in [-0.1, -0.05) is 6.07 Å². The zero-order valence-corrected chi connectivity index (χ0v) is 14.8. The molecule has 1 amide bonds. The average Bonchev–Trinajstić information content (AvgIpc) is 3.30. The van der Waals surface area contributed by atoms with Gasteiger partial charge in [-0.05, 0) is 31.5 Å². The Kier molecular flexibility index (Phi) is 4.06. The minimum atomic E-state index is -0.358. The van der Waals surface area contributed by atoms with Crippen molar-refractivity contribution >= 4 is 5.91 Å². The summed E-state index contributed by atoms with van der Waals surface area (Å²) in [7, 11) is 0. The van der Waals surface area contributed by atoms with Crippen molar-refractivity contribution in [2.45, 2.75) is 33.4 Å². The van der Waals surface area contributed by atoms with Gasteiger partial charge < -0.3 is 9.88 Å². The highest BCUT2D eigenvalue weighted by Crippen LogP contribution is 2.29. The first kappa shape index (κ1) is 16.5. The number of rotatable bonds is 3. The molecule has 26 heavy (non-hydrogen) atoms. The van der Waals surface area contributed by atoms with Crippen LogP contribution in [-0.2, 0) is 19.5 Å². The number of aromatic amines is 1. The van der Waals surface area contributed by atoms with Crippen molar-refractivity contribution in [1.82, 2.24) is 24.6 Å². The van der Waals surface area contributed by atoms with Crippen molar-refractivity contribution in [3.63, 3.8) is 0 Å². The van der Waals surface area contributed by atoms with Crippen molar-refractivity contribution in [1.29, 1.82) is 0 Å². The molecule has 0 saturated carbocycles. The summed E-state index contributed by atoms with van der Waals surface area (Å²) in [4.78, 5) is 22.0. The topological polar surface area (TPSA) is 66.8 Å². The Labute approximate surface area is 150 Å². The lowest BCUT2D eigenvalue weighted by molar-refractivity contribution is 0.0733. The molecule has 2 aromatic heterocycles. The molecular formula is C19H20FN5O. The van der Waals surface area contributed by atoms with E-state index in [0.29, 0.717) is 30.0 Å². The average molecular weight is 353 g/mol. The maximum absolute atomic E-state index is 13.8. The number of hydrogen-bond donors (Lipinski definition) is 1. The first-order valence-electron chi connectivity index (χ1n) is 8.72. The van der Waals surface area contributed by atoms with Crippen LogP contribution in [0.15, 0.2) is 30.6 Å². The van der Waals surface area contributed by atoms with E-state index in [9.17, 15) is 9.18 Å². The predicted molar refractivity (Wildman–Crippen MR) is 95.1 cm³/mol. The van der Waals surface area contributed by atoms with Gasteiger partial charge in [0.1, 0.15) is 11.5 Å². The van der Waals surface area contributed by atoms with Gasteiger partial charge in [0.05, 0.1) is 6.54 Å². The van der Waals surface area contributed by atoms with Crippen LogP contribution < -0.4 is 0 Å². The summed E-state index contributed by atoms with van der Waals surface area (Å²) in [5, 5.41) is 4.67. The molecule has 3 heterocycles. The maximum Gasteiger partial charge on any atom is 0.254 e. The fourth-order valence-electron chi connectivity index (χ4n) is 3.42. The van der Waals surface area contributed by atoms with Crippen LogP contribution >= 0.6 is 0 Å². The second-order valence-electron chi connectivity index (χ2n) is 6.47. The molecule has 0 bridgehead atoms. The number of nitrogens with zero attached hydrogens (tertiary/aromatic N) is 4. The molecule has 0 spiro atoms. The van der Waals surface area contributed by atoms with Crippen molar-refractivity contribution < 1.29 is 9.18 Å². The SMILES string of the molecule is CCn1nc(-c2ncc[nH]2)c2c1CCN(C(=O)c1ccc(C)c(F)c1)C2. The highest BCUT2D eigenvalue weighted by Gasteiger charge is 2.29. The summed E-state index contributed by atoms with van der Waals surface area (Å²) in [5.41, 5.74) is 3.83. The zero-order valence-electron chi connectivity index (χ0n) is 14.8. The third-order valence-corrected chi connectivity index (χ3v) is 4.86. The number of benzene rings is 1. The second kappa shape index (κ2) is 6.40. The Morgan fingerprint density at radius 3 is 2.92 bits per heavy atom. The van der Waals surface area contributed by atoms with Gasteiger partial charge in [-0.15, -0.1) is 0 Å². The maximum atomic E-state index is 13.8. The Hall–Kier alpha value is -2.96. The molecule has 0 aliphatic carbocycles. The van der Waals surface area contributed by atoms with Gasteiger partial charge in [0.25, 0.3) is 5.91 Å². The number of halogens is 1. The second-order valence-corrected chi connectivity index (χ2v) is 6.47. The molecule has 0 unspecified atom stereocenters. The largest absolute Gasteiger partial charge is 0.343 e. The Morgan fingerprint density at radius 1 is 1.38 bits per heavy atom. The van der Waals surface area contributed by atoms with Crippen molar-refractivity contribution in [3.05, 3.63) is 58.8 Å². The Bertz CT molecular complexity index is 961. The van der Waals surface area contributed by atoms with Gasteiger partial charge in [0, 0.05) is 48.7 Å². The van der Waals surface area contributed by atoms with E-state index in [-0.39, 0.29) is 11.7 Å². The molecule has 0 atom stereocenters. The van der Waals surface area contributed by atoms with E-state index >= 15 is 0 Å². The standard InChI is InChI=1S/C19H20FN5O/c1-3-25-16-6-9-24(19(26)13-5-4-12(2)15(20)10-13)11-14(16)17(23-25)18-21-7-8-22-18/h4-5,7-8,10H,3,6,9,11H2,1-2H3,(H,21,22). The molecule has 1 aromatic carbocycles. The third kappa shape index (κ3) is 2.69. The van der Waals surface area contributed by atoms with Crippen LogP contribution in [0.1, 0.15) is 34.1 Å². The number of hydrogen-bond acceptors (Lipinski definition) is 3. The summed E-state index contributed by atoms with van der Waals surface area (Å²) in [5.74, 6) is 0.178. The van der Waals surface area contributed by atoms with Gasteiger partial charge in [-0.3, -0.25) is 9.48 Å². The molecule has 0 radical (unpaired) electrons. The zero-order chi connectivity index (χ0) is 18.3. The highest BCUT2D eigenvalue weighted by atomic mass is 19.1. The fourth-order valence-corrected chi connectivity index (χ4v) is 3.42. The van der Waals surface area contributed by atoms with Gasteiger partial charge in [0.15, 0.2) is 5.82 Å². The number of H-pyrrole nitrogens is 1. The first-order chi connectivity index (χ1) is 12.6. The van der Waals surface area contributed by atoms with E-state index in [1.165, 1.54) is 6.07 Å². The number of aromatic nitrogens is 4. The first-order valence-corrected chi connectivity index (χ1v) is 8.72. The van der Waals surface area contributed by atoms with Crippen molar-refractivity contribution in [2.75, 3.05) is 6.54 Å². The summed E-state index contributed by atoms with van der Waals surface area (Å²) < 4.78 is 15.8. The Balaban J connectivity index is 1.67. The lowest BCUT2D eigenvalue weighted by atomic mass is 10.0. The summed E-state index contributed by atoms with van der Waals surface area (Å²) >= 11 is 0.